The summed E-state index contributed by atoms with van der Waals surface area (Å²) >= 11 is 6.10. The molecule has 0 bridgehead atoms. The van der Waals surface area contributed by atoms with Crippen molar-refractivity contribution in [3.63, 3.8) is 0 Å². The molecule has 0 saturated heterocycles. The zero-order valence-electron chi connectivity index (χ0n) is 13.0. The first-order chi connectivity index (χ1) is 10.6. The first-order valence-electron chi connectivity index (χ1n) is 7.50. The van der Waals surface area contributed by atoms with Gasteiger partial charge < -0.3 is 9.88 Å². The number of halogens is 1. The van der Waals surface area contributed by atoms with Gasteiger partial charge in [0.1, 0.15) is 11.5 Å². The molecule has 0 aliphatic carbocycles. The van der Waals surface area contributed by atoms with Gasteiger partial charge in [-0.15, -0.1) is 0 Å². The maximum Gasteiger partial charge on any atom is 0.163 e. The molecule has 3 rings (SSSR count). The number of nitrogens with zero attached hydrogens (tertiary/aromatic N) is 3. The highest BCUT2D eigenvalue weighted by atomic mass is 35.5. The topological polar surface area (TPSA) is 44.8 Å². The fourth-order valence-electron chi connectivity index (χ4n) is 2.65. The summed E-state index contributed by atoms with van der Waals surface area (Å²) in [7, 11) is 0. The number of benzene rings is 1. The second kappa shape index (κ2) is 5.97. The zero-order chi connectivity index (χ0) is 15.7. The van der Waals surface area contributed by atoms with E-state index in [9.17, 15) is 0 Å². The number of aromatic nitrogens is 3. The van der Waals surface area contributed by atoms with Crippen LogP contribution in [-0.2, 0) is 0 Å². The summed E-state index contributed by atoms with van der Waals surface area (Å²) in [6.07, 6.45) is 0. The van der Waals surface area contributed by atoms with Gasteiger partial charge in [-0.25, -0.2) is 9.97 Å². The second-order valence-electron chi connectivity index (χ2n) is 5.27. The van der Waals surface area contributed by atoms with Crippen LogP contribution < -0.4 is 4.90 Å². The van der Waals surface area contributed by atoms with E-state index in [0.29, 0.717) is 10.8 Å². The van der Waals surface area contributed by atoms with Crippen molar-refractivity contribution in [2.24, 2.45) is 0 Å². The van der Waals surface area contributed by atoms with E-state index in [0.717, 1.165) is 41.2 Å². The van der Waals surface area contributed by atoms with E-state index < -0.39 is 0 Å². The number of aromatic amines is 1. The highest BCUT2D eigenvalue weighted by molar-refractivity contribution is 6.30. The van der Waals surface area contributed by atoms with E-state index in [2.05, 4.69) is 34.8 Å². The Kier molecular flexibility index (Phi) is 4.03. The monoisotopic (exact) mass is 314 g/mol. The highest BCUT2D eigenvalue weighted by Gasteiger charge is 2.15. The molecule has 2 aromatic heterocycles. The van der Waals surface area contributed by atoms with Crippen LogP contribution in [0.25, 0.3) is 22.4 Å². The molecule has 5 heteroatoms. The minimum Gasteiger partial charge on any atom is -0.356 e. The van der Waals surface area contributed by atoms with Gasteiger partial charge >= 0.3 is 0 Å². The van der Waals surface area contributed by atoms with Crippen molar-refractivity contribution in [2.45, 2.75) is 20.8 Å². The van der Waals surface area contributed by atoms with Crippen LogP contribution >= 0.6 is 11.6 Å². The Bertz CT molecular complexity index is 806. The molecule has 1 aromatic carbocycles. The van der Waals surface area contributed by atoms with Crippen molar-refractivity contribution < 1.29 is 0 Å². The Balaban J connectivity index is 2.24. The first-order valence-corrected chi connectivity index (χ1v) is 7.88. The maximum absolute atomic E-state index is 6.10. The molecule has 114 valence electrons. The predicted octanol–water partition coefficient (Wildman–Crippen LogP) is 4.43. The Morgan fingerprint density at radius 1 is 1.14 bits per heavy atom. The lowest BCUT2D eigenvalue weighted by atomic mass is 10.2. The molecule has 3 aromatic rings. The molecule has 0 fully saturated rings. The molecule has 1 N–H and O–H groups in total. The first kappa shape index (κ1) is 14.9. The Morgan fingerprint density at radius 2 is 1.91 bits per heavy atom. The lowest BCUT2D eigenvalue weighted by Crippen LogP contribution is -2.23. The van der Waals surface area contributed by atoms with Crippen LogP contribution in [-0.4, -0.2) is 28.0 Å². The van der Waals surface area contributed by atoms with Crippen molar-refractivity contribution in [3.05, 3.63) is 41.0 Å². The molecular formula is C17H19ClN4. The number of aryl methyl sites for hydroxylation is 1. The fraction of sp³-hybridized carbons (Fsp3) is 0.294. The Labute approximate surface area is 135 Å². The van der Waals surface area contributed by atoms with Crippen molar-refractivity contribution in [1.82, 2.24) is 15.0 Å². The Morgan fingerprint density at radius 3 is 2.59 bits per heavy atom. The zero-order valence-corrected chi connectivity index (χ0v) is 13.8. The van der Waals surface area contributed by atoms with E-state index in [1.165, 1.54) is 0 Å². The van der Waals surface area contributed by atoms with Gasteiger partial charge in [-0.3, -0.25) is 0 Å². The fourth-order valence-corrected chi connectivity index (χ4v) is 2.84. The molecule has 0 amide bonds. The quantitative estimate of drug-likeness (QED) is 0.774. The average Bonchev–Trinajstić information content (AvgIpc) is 2.88. The summed E-state index contributed by atoms with van der Waals surface area (Å²) in [5.41, 5.74) is 2.88. The SMILES string of the molecule is CCN(CC)c1nc(-c2cccc(Cl)c2)nc2[nH]c(C)cc12. The number of hydrogen-bond donors (Lipinski definition) is 1. The molecule has 0 atom stereocenters. The predicted molar refractivity (Wildman–Crippen MR) is 92.6 cm³/mol. The number of H-pyrrole nitrogens is 1. The highest BCUT2D eigenvalue weighted by Crippen LogP contribution is 2.28. The normalized spacial score (nSPS) is 11.1. The molecule has 4 nitrogen and oxygen atoms in total. The van der Waals surface area contributed by atoms with Gasteiger partial charge in [-0.1, -0.05) is 23.7 Å². The summed E-state index contributed by atoms with van der Waals surface area (Å²) in [6, 6.07) is 9.75. The molecule has 0 unspecified atom stereocenters. The van der Waals surface area contributed by atoms with E-state index in [1.807, 2.05) is 31.2 Å². The standard InChI is InChI=1S/C17H19ClN4/c1-4-22(5-2)17-14-9-11(3)19-16(14)20-15(21-17)12-7-6-8-13(18)10-12/h6-10H,4-5H2,1-3H3,(H,19,20,21). The van der Waals surface area contributed by atoms with E-state index in [-0.39, 0.29) is 0 Å². The van der Waals surface area contributed by atoms with Crippen LogP contribution in [0.2, 0.25) is 5.02 Å². The minimum absolute atomic E-state index is 0.688. The maximum atomic E-state index is 6.10. The summed E-state index contributed by atoms with van der Waals surface area (Å²) in [5.74, 6) is 1.66. The second-order valence-corrected chi connectivity index (χ2v) is 5.70. The molecule has 0 aliphatic heterocycles. The minimum atomic E-state index is 0.688. The molecule has 0 aliphatic rings. The molecule has 0 saturated carbocycles. The third-order valence-electron chi connectivity index (χ3n) is 3.75. The number of fused-ring (bicyclic) bond motifs is 1. The molecule has 2 heterocycles. The van der Waals surface area contributed by atoms with Gasteiger partial charge in [-0.2, -0.15) is 0 Å². The van der Waals surface area contributed by atoms with Crippen LogP contribution in [0.3, 0.4) is 0 Å². The summed E-state index contributed by atoms with van der Waals surface area (Å²) in [5, 5.41) is 1.75. The molecule has 0 spiro atoms. The van der Waals surface area contributed by atoms with Gasteiger partial charge in [0.05, 0.1) is 5.39 Å². The van der Waals surface area contributed by atoms with Crippen molar-refractivity contribution in [2.75, 3.05) is 18.0 Å². The summed E-state index contributed by atoms with van der Waals surface area (Å²) < 4.78 is 0. The smallest absolute Gasteiger partial charge is 0.163 e. The Hall–Kier alpha value is -2.07. The van der Waals surface area contributed by atoms with Gasteiger partial charge in [-0.05, 0) is 39.0 Å². The van der Waals surface area contributed by atoms with Crippen LogP contribution in [0.4, 0.5) is 5.82 Å². The number of anilines is 1. The van der Waals surface area contributed by atoms with Crippen molar-refractivity contribution in [3.8, 4) is 11.4 Å². The lowest BCUT2D eigenvalue weighted by Gasteiger charge is -2.21. The number of nitrogens with one attached hydrogen (secondary N) is 1. The number of rotatable bonds is 4. The van der Waals surface area contributed by atoms with Crippen molar-refractivity contribution >= 4 is 28.5 Å². The van der Waals surface area contributed by atoms with Gasteiger partial charge in [0.25, 0.3) is 0 Å². The average molecular weight is 315 g/mol. The van der Waals surface area contributed by atoms with Crippen LogP contribution in [0.5, 0.6) is 0 Å². The van der Waals surface area contributed by atoms with E-state index >= 15 is 0 Å². The van der Waals surface area contributed by atoms with Crippen LogP contribution in [0, 0.1) is 6.92 Å². The molecular weight excluding hydrogens is 296 g/mol. The van der Waals surface area contributed by atoms with Gasteiger partial charge in [0, 0.05) is 29.4 Å². The van der Waals surface area contributed by atoms with Crippen LogP contribution in [0.15, 0.2) is 30.3 Å². The van der Waals surface area contributed by atoms with E-state index in [1.54, 1.807) is 0 Å². The third kappa shape index (κ3) is 2.66. The summed E-state index contributed by atoms with van der Waals surface area (Å²) in [6.45, 7) is 8.11. The third-order valence-corrected chi connectivity index (χ3v) is 3.98. The molecule has 22 heavy (non-hydrogen) atoms. The van der Waals surface area contributed by atoms with Crippen molar-refractivity contribution in [1.29, 1.82) is 0 Å². The number of hydrogen-bond acceptors (Lipinski definition) is 3. The molecule has 0 radical (unpaired) electrons. The lowest BCUT2D eigenvalue weighted by molar-refractivity contribution is 0.850. The van der Waals surface area contributed by atoms with E-state index in [4.69, 9.17) is 16.6 Å². The van der Waals surface area contributed by atoms with Gasteiger partial charge in [0.15, 0.2) is 5.82 Å². The van der Waals surface area contributed by atoms with Crippen LogP contribution in [0.1, 0.15) is 19.5 Å². The largest absolute Gasteiger partial charge is 0.356 e. The van der Waals surface area contributed by atoms with Gasteiger partial charge in [0.2, 0.25) is 0 Å². The summed E-state index contributed by atoms with van der Waals surface area (Å²) in [4.78, 5) is 15.0.